The molecule has 0 atom stereocenters. The van der Waals surface area contributed by atoms with Crippen LogP contribution in [0.5, 0.6) is 5.75 Å². The van der Waals surface area contributed by atoms with E-state index in [1.54, 1.807) is 7.11 Å². The predicted molar refractivity (Wildman–Crippen MR) is 188 cm³/mol. The van der Waals surface area contributed by atoms with Gasteiger partial charge in [0.1, 0.15) is 5.75 Å². The number of hydrogen-bond donors (Lipinski definition) is 2. The van der Waals surface area contributed by atoms with Crippen LogP contribution in [0.1, 0.15) is 90.0 Å². The van der Waals surface area contributed by atoms with Gasteiger partial charge in [0.15, 0.2) is 17.2 Å². The molecular formula is C39H45N5O2. The molecule has 2 aromatic heterocycles. The van der Waals surface area contributed by atoms with Crippen molar-refractivity contribution in [2.75, 3.05) is 17.7 Å². The monoisotopic (exact) mass is 615 g/mol. The summed E-state index contributed by atoms with van der Waals surface area (Å²) in [5.41, 5.74) is 9.30. The van der Waals surface area contributed by atoms with Gasteiger partial charge in [0.25, 0.3) is 0 Å². The first-order valence-electron chi connectivity index (χ1n) is 16.5. The summed E-state index contributed by atoms with van der Waals surface area (Å²) in [5.74, 6) is 2.23. The topological polar surface area (TPSA) is 81.1 Å². The number of methoxy groups -OCH3 is 1. The zero-order chi connectivity index (χ0) is 32.2. The van der Waals surface area contributed by atoms with Crippen molar-refractivity contribution in [3.63, 3.8) is 0 Å². The van der Waals surface area contributed by atoms with Crippen LogP contribution in [0.15, 0.2) is 72.9 Å². The Labute approximate surface area is 272 Å². The number of benzene rings is 3. The maximum atomic E-state index is 13.5. The van der Waals surface area contributed by atoms with Crippen LogP contribution in [-0.4, -0.2) is 33.7 Å². The molecule has 1 aliphatic rings. The number of pyridine rings is 1. The van der Waals surface area contributed by atoms with Crippen molar-refractivity contribution in [1.82, 2.24) is 14.8 Å². The van der Waals surface area contributed by atoms with E-state index in [1.807, 2.05) is 53.3 Å². The summed E-state index contributed by atoms with van der Waals surface area (Å²) in [5, 5.41) is 13.4. The van der Waals surface area contributed by atoms with Gasteiger partial charge in [-0.2, -0.15) is 5.10 Å². The second kappa shape index (κ2) is 13.8. The molecular weight excluding hydrogens is 570 g/mol. The molecule has 1 saturated carbocycles. The SMILES string of the molecule is COc1ccc(Cn2nc(NC3CCCCC3)c3c(Nc4cccc(C(=O)Cc5cc(C)c(C(C)C)c(C)c5)c4)ccnc32)cc1. The number of carbonyl (C=O) groups is 1. The summed E-state index contributed by atoms with van der Waals surface area (Å²) in [6.07, 6.45) is 8.22. The number of hydrogen-bond acceptors (Lipinski definition) is 6. The van der Waals surface area contributed by atoms with Crippen molar-refractivity contribution in [1.29, 1.82) is 0 Å². The molecule has 0 bridgehead atoms. The molecule has 0 amide bonds. The Morgan fingerprint density at radius 3 is 2.39 bits per heavy atom. The van der Waals surface area contributed by atoms with Crippen LogP contribution in [0, 0.1) is 13.8 Å². The quantitative estimate of drug-likeness (QED) is 0.144. The molecule has 46 heavy (non-hydrogen) atoms. The van der Waals surface area contributed by atoms with Crippen molar-refractivity contribution in [2.24, 2.45) is 0 Å². The fraction of sp³-hybridized carbons (Fsp3) is 0.359. The second-order valence-corrected chi connectivity index (χ2v) is 13.0. The molecule has 0 radical (unpaired) electrons. The Bertz CT molecular complexity index is 1810. The summed E-state index contributed by atoms with van der Waals surface area (Å²) < 4.78 is 7.32. The van der Waals surface area contributed by atoms with E-state index in [9.17, 15) is 4.79 Å². The maximum absolute atomic E-state index is 13.5. The maximum Gasteiger partial charge on any atom is 0.167 e. The summed E-state index contributed by atoms with van der Waals surface area (Å²) in [4.78, 5) is 18.3. The number of Topliss-reactive ketones (excluding diaryl/α,β-unsaturated/α-hetero) is 1. The van der Waals surface area contributed by atoms with E-state index in [4.69, 9.17) is 14.8 Å². The number of aryl methyl sites for hydroxylation is 2. The van der Waals surface area contributed by atoms with Crippen molar-refractivity contribution in [3.8, 4) is 5.75 Å². The van der Waals surface area contributed by atoms with Gasteiger partial charge in [0.2, 0.25) is 0 Å². The van der Waals surface area contributed by atoms with Crippen LogP contribution in [0.4, 0.5) is 17.2 Å². The van der Waals surface area contributed by atoms with E-state index in [0.717, 1.165) is 57.9 Å². The van der Waals surface area contributed by atoms with Crippen LogP contribution in [-0.2, 0) is 13.0 Å². The molecule has 2 heterocycles. The van der Waals surface area contributed by atoms with Crippen molar-refractivity contribution >= 4 is 34.0 Å². The molecule has 0 spiro atoms. The van der Waals surface area contributed by atoms with E-state index < -0.39 is 0 Å². The zero-order valence-corrected chi connectivity index (χ0v) is 27.7. The van der Waals surface area contributed by atoms with Gasteiger partial charge in [-0.05, 0) is 90.8 Å². The van der Waals surface area contributed by atoms with Crippen LogP contribution < -0.4 is 15.4 Å². The lowest BCUT2D eigenvalue weighted by atomic mass is 9.90. The first kappa shape index (κ1) is 31.3. The standard InChI is InChI=1S/C39H45N5O2/c1-25(2)36-26(3)20-29(21-27(36)4)22-35(45)30-10-9-13-32(23-30)41-34-18-19-40-39-37(34)38(42-31-11-7-6-8-12-31)43-44(39)24-28-14-16-33(46-5)17-15-28/h9-10,13-21,23,25,31H,6-8,11-12,22,24H2,1-5H3,(H,40,41)(H,42,43). The second-order valence-electron chi connectivity index (χ2n) is 13.0. The Morgan fingerprint density at radius 1 is 0.957 bits per heavy atom. The molecule has 5 aromatic rings. The molecule has 7 heteroatoms. The molecule has 0 aliphatic heterocycles. The molecule has 238 valence electrons. The van der Waals surface area contributed by atoms with Crippen molar-refractivity contribution in [3.05, 3.63) is 106 Å². The Kier molecular flexibility index (Phi) is 9.38. The first-order chi connectivity index (χ1) is 22.3. The highest BCUT2D eigenvalue weighted by Crippen LogP contribution is 2.34. The molecule has 6 rings (SSSR count). The largest absolute Gasteiger partial charge is 0.497 e. The number of fused-ring (bicyclic) bond motifs is 1. The lowest BCUT2D eigenvalue weighted by Gasteiger charge is -2.23. The number of nitrogens with zero attached hydrogens (tertiary/aromatic N) is 3. The van der Waals surface area contributed by atoms with Gasteiger partial charge in [0.05, 0.1) is 24.7 Å². The normalized spacial score (nSPS) is 13.7. The number of aromatic nitrogens is 3. The average Bonchev–Trinajstić information content (AvgIpc) is 3.38. The summed E-state index contributed by atoms with van der Waals surface area (Å²) in [7, 11) is 1.68. The van der Waals surface area contributed by atoms with Crippen LogP contribution in [0.3, 0.4) is 0 Å². The fourth-order valence-corrected chi connectivity index (χ4v) is 7.05. The third kappa shape index (κ3) is 6.94. The summed E-state index contributed by atoms with van der Waals surface area (Å²) in [6.45, 7) is 9.32. The lowest BCUT2D eigenvalue weighted by Crippen LogP contribution is -2.22. The van der Waals surface area contributed by atoms with Gasteiger partial charge in [-0.15, -0.1) is 0 Å². The van der Waals surface area contributed by atoms with Crippen molar-refractivity contribution in [2.45, 2.75) is 84.7 Å². The predicted octanol–water partition coefficient (Wildman–Crippen LogP) is 9.14. The molecule has 2 N–H and O–H groups in total. The minimum Gasteiger partial charge on any atom is -0.497 e. The van der Waals surface area contributed by atoms with E-state index in [-0.39, 0.29) is 5.78 Å². The van der Waals surface area contributed by atoms with E-state index in [0.29, 0.717) is 30.5 Å². The van der Waals surface area contributed by atoms with Gasteiger partial charge in [-0.1, -0.05) is 69.5 Å². The third-order valence-corrected chi connectivity index (χ3v) is 9.13. The average molecular weight is 616 g/mol. The molecule has 0 unspecified atom stereocenters. The van der Waals surface area contributed by atoms with Crippen LogP contribution in [0.25, 0.3) is 11.0 Å². The van der Waals surface area contributed by atoms with E-state index >= 15 is 0 Å². The number of ketones is 1. The number of rotatable bonds is 11. The van der Waals surface area contributed by atoms with Gasteiger partial charge in [-0.3, -0.25) is 4.79 Å². The number of anilines is 3. The lowest BCUT2D eigenvalue weighted by molar-refractivity contribution is 0.0993. The third-order valence-electron chi connectivity index (χ3n) is 9.13. The van der Waals surface area contributed by atoms with Gasteiger partial charge < -0.3 is 15.4 Å². The van der Waals surface area contributed by atoms with Gasteiger partial charge in [0, 0.05) is 29.9 Å². The molecule has 3 aromatic carbocycles. The van der Waals surface area contributed by atoms with E-state index in [2.05, 4.69) is 62.6 Å². The van der Waals surface area contributed by atoms with E-state index in [1.165, 1.54) is 36.0 Å². The first-order valence-corrected chi connectivity index (χ1v) is 16.5. The van der Waals surface area contributed by atoms with Gasteiger partial charge >= 0.3 is 0 Å². The number of nitrogens with one attached hydrogen (secondary N) is 2. The van der Waals surface area contributed by atoms with Crippen LogP contribution in [0.2, 0.25) is 0 Å². The highest BCUT2D eigenvalue weighted by molar-refractivity contribution is 6.01. The highest BCUT2D eigenvalue weighted by Gasteiger charge is 2.21. The minimum absolute atomic E-state index is 0.103. The Balaban J connectivity index is 1.29. The zero-order valence-electron chi connectivity index (χ0n) is 27.7. The fourth-order valence-electron chi connectivity index (χ4n) is 7.05. The minimum atomic E-state index is 0.103. The number of carbonyl (C=O) groups excluding carboxylic acids is 1. The smallest absolute Gasteiger partial charge is 0.167 e. The highest BCUT2D eigenvalue weighted by atomic mass is 16.5. The molecule has 0 saturated heterocycles. The Morgan fingerprint density at radius 2 is 1.70 bits per heavy atom. The summed E-state index contributed by atoms with van der Waals surface area (Å²) in [6, 6.07) is 22.6. The van der Waals surface area contributed by atoms with Crippen LogP contribution >= 0.6 is 0 Å². The molecule has 1 aliphatic carbocycles. The van der Waals surface area contributed by atoms with Gasteiger partial charge in [-0.25, -0.2) is 9.67 Å². The molecule has 1 fully saturated rings. The van der Waals surface area contributed by atoms with Crippen molar-refractivity contribution < 1.29 is 9.53 Å². The summed E-state index contributed by atoms with van der Waals surface area (Å²) >= 11 is 0. The Hall–Kier alpha value is -4.65. The number of ether oxygens (including phenoxy) is 1. The molecule has 7 nitrogen and oxygen atoms in total.